The Bertz CT molecular complexity index is 552. The van der Waals surface area contributed by atoms with E-state index in [0.29, 0.717) is 5.69 Å². The van der Waals surface area contributed by atoms with E-state index in [2.05, 4.69) is 22.3 Å². The Kier molecular flexibility index (Phi) is 6.56. The summed E-state index contributed by atoms with van der Waals surface area (Å²) < 4.78 is 41.0. The normalized spacial score (nSPS) is 22.1. The molecule has 1 amide bonds. The molecule has 0 heterocycles. The van der Waals surface area contributed by atoms with Gasteiger partial charge in [0.2, 0.25) is 5.91 Å². The third kappa shape index (κ3) is 6.84. The topological polar surface area (TPSA) is 50.4 Å². The minimum Gasteiger partial charge on any atom is -0.484 e. The van der Waals surface area contributed by atoms with Crippen molar-refractivity contribution in [2.75, 3.05) is 11.9 Å². The van der Waals surface area contributed by atoms with E-state index in [4.69, 9.17) is 0 Å². The van der Waals surface area contributed by atoms with Crippen molar-refractivity contribution in [3.05, 3.63) is 24.3 Å². The number of nitrogens with one attached hydrogen (secondary N) is 2. The van der Waals surface area contributed by atoms with Crippen molar-refractivity contribution in [2.45, 2.75) is 57.8 Å². The van der Waals surface area contributed by atoms with E-state index >= 15 is 0 Å². The molecule has 7 heteroatoms. The maximum absolute atomic E-state index is 12.3. The van der Waals surface area contributed by atoms with E-state index in [0.717, 1.165) is 31.6 Å². The first kappa shape index (κ1) is 19.4. The molecule has 0 aliphatic heterocycles. The number of hydrogen-bond donors (Lipinski definition) is 2. The molecule has 1 aromatic rings. The third-order valence-corrected chi connectivity index (χ3v) is 4.40. The summed E-state index contributed by atoms with van der Waals surface area (Å²) >= 11 is 0. The van der Waals surface area contributed by atoms with E-state index < -0.39 is 18.8 Å². The molecular weight excluding hydrogens is 333 g/mol. The first-order valence-electron chi connectivity index (χ1n) is 8.59. The van der Waals surface area contributed by atoms with Crippen molar-refractivity contribution in [3.63, 3.8) is 0 Å². The van der Waals surface area contributed by atoms with Crippen LogP contribution < -0.4 is 15.4 Å². The molecule has 140 valence electrons. The molecule has 0 radical (unpaired) electrons. The number of carbonyl (C=O) groups is 1. The van der Waals surface area contributed by atoms with Crippen LogP contribution in [0, 0.1) is 5.92 Å². The standard InChI is InChI=1S/C18H25F3N2O2/c1-12-3-5-15(6-4-12)23-17(24)13(2)22-14-7-9-16(10-8-14)25-11-18(19,20)21/h7-10,12-13,15,22H,3-6,11H2,1-2H3,(H,23,24). The molecule has 1 atom stereocenters. The molecule has 0 bridgehead atoms. The van der Waals surface area contributed by atoms with Crippen LogP contribution in [-0.4, -0.2) is 30.8 Å². The van der Waals surface area contributed by atoms with Crippen LogP contribution in [0.3, 0.4) is 0 Å². The summed E-state index contributed by atoms with van der Waals surface area (Å²) in [6, 6.07) is 5.88. The van der Waals surface area contributed by atoms with Gasteiger partial charge in [0.25, 0.3) is 0 Å². The molecular formula is C18H25F3N2O2. The number of amides is 1. The predicted molar refractivity (Wildman–Crippen MR) is 90.6 cm³/mol. The molecule has 1 aliphatic carbocycles. The number of ether oxygens (including phenoxy) is 1. The van der Waals surface area contributed by atoms with Crippen molar-refractivity contribution < 1.29 is 22.7 Å². The Morgan fingerprint density at radius 1 is 1.20 bits per heavy atom. The monoisotopic (exact) mass is 358 g/mol. The van der Waals surface area contributed by atoms with Crippen LogP contribution in [0.25, 0.3) is 0 Å². The second kappa shape index (κ2) is 8.45. The summed E-state index contributed by atoms with van der Waals surface area (Å²) in [6.45, 7) is 2.66. The molecule has 1 aliphatic rings. The van der Waals surface area contributed by atoms with Crippen molar-refractivity contribution >= 4 is 11.6 Å². The first-order chi connectivity index (χ1) is 11.7. The highest BCUT2D eigenvalue weighted by atomic mass is 19.4. The van der Waals surface area contributed by atoms with Crippen molar-refractivity contribution in [3.8, 4) is 5.75 Å². The first-order valence-corrected chi connectivity index (χ1v) is 8.59. The fourth-order valence-electron chi connectivity index (χ4n) is 2.86. The largest absolute Gasteiger partial charge is 0.484 e. The van der Waals surface area contributed by atoms with E-state index in [1.165, 1.54) is 12.1 Å². The quantitative estimate of drug-likeness (QED) is 0.804. The van der Waals surface area contributed by atoms with Crippen molar-refractivity contribution in [1.29, 1.82) is 0 Å². The van der Waals surface area contributed by atoms with Gasteiger partial charge >= 0.3 is 6.18 Å². The lowest BCUT2D eigenvalue weighted by atomic mass is 9.87. The molecule has 1 fully saturated rings. The number of benzene rings is 1. The molecule has 1 saturated carbocycles. The summed E-state index contributed by atoms with van der Waals surface area (Å²) in [7, 11) is 0. The highest BCUT2D eigenvalue weighted by molar-refractivity contribution is 5.84. The molecule has 1 aromatic carbocycles. The van der Waals surface area contributed by atoms with E-state index in [-0.39, 0.29) is 17.7 Å². The number of carbonyl (C=O) groups excluding carboxylic acids is 1. The average Bonchev–Trinajstić information content (AvgIpc) is 2.55. The Labute approximate surface area is 146 Å². The minimum absolute atomic E-state index is 0.0723. The van der Waals surface area contributed by atoms with Gasteiger partial charge in [-0.3, -0.25) is 4.79 Å². The van der Waals surface area contributed by atoms with Gasteiger partial charge in [0.05, 0.1) is 0 Å². The summed E-state index contributed by atoms with van der Waals surface area (Å²) in [5.74, 6) is 0.787. The Balaban J connectivity index is 1.79. The van der Waals surface area contributed by atoms with Crippen LogP contribution in [0.2, 0.25) is 0 Å². The molecule has 0 saturated heterocycles. The highest BCUT2D eigenvalue weighted by Crippen LogP contribution is 2.24. The summed E-state index contributed by atoms with van der Waals surface area (Å²) in [5, 5.41) is 6.11. The molecule has 2 rings (SSSR count). The van der Waals surface area contributed by atoms with Gasteiger partial charge in [-0.1, -0.05) is 6.92 Å². The van der Waals surface area contributed by atoms with Gasteiger partial charge in [-0.25, -0.2) is 0 Å². The van der Waals surface area contributed by atoms with Crippen LogP contribution >= 0.6 is 0 Å². The van der Waals surface area contributed by atoms with E-state index in [1.807, 2.05) is 0 Å². The molecule has 0 spiro atoms. The van der Waals surface area contributed by atoms with Crippen LogP contribution in [0.4, 0.5) is 18.9 Å². The van der Waals surface area contributed by atoms with E-state index in [1.54, 1.807) is 19.1 Å². The van der Waals surface area contributed by atoms with Gasteiger partial charge in [-0.15, -0.1) is 0 Å². The zero-order chi connectivity index (χ0) is 18.4. The lowest BCUT2D eigenvalue weighted by molar-refractivity contribution is -0.153. The summed E-state index contributed by atoms with van der Waals surface area (Å²) in [4.78, 5) is 12.3. The molecule has 4 nitrogen and oxygen atoms in total. The fraction of sp³-hybridized carbons (Fsp3) is 0.611. The van der Waals surface area contributed by atoms with Crippen LogP contribution in [0.1, 0.15) is 39.5 Å². The highest BCUT2D eigenvalue weighted by Gasteiger charge is 2.28. The zero-order valence-electron chi connectivity index (χ0n) is 14.5. The zero-order valence-corrected chi connectivity index (χ0v) is 14.5. The van der Waals surface area contributed by atoms with Gasteiger partial charge < -0.3 is 15.4 Å². The van der Waals surface area contributed by atoms with Crippen molar-refractivity contribution in [2.24, 2.45) is 5.92 Å². The number of rotatable bonds is 6. The van der Waals surface area contributed by atoms with E-state index in [9.17, 15) is 18.0 Å². The van der Waals surface area contributed by atoms with Crippen LogP contribution in [0.15, 0.2) is 24.3 Å². The molecule has 25 heavy (non-hydrogen) atoms. The molecule has 0 aromatic heterocycles. The van der Waals surface area contributed by atoms with Gasteiger partial charge in [-0.05, 0) is 62.8 Å². The molecule has 2 N–H and O–H groups in total. The Morgan fingerprint density at radius 2 is 1.80 bits per heavy atom. The number of halogens is 3. The lowest BCUT2D eigenvalue weighted by Gasteiger charge is -2.28. The number of hydrogen-bond acceptors (Lipinski definition) is 3. The Morgan fingerprint density at radius 3 is 2.36 bits per heavy atom. The van der Waals surface area contributed by atoms with Gasteiger partial charge in [0.1, 0.15) is 11.8 Å². The van der Waals surface area contributed by atoms with Crippen LogP contribution in [0.5, 0.6) is 5.75 Å². The Hall–Kier alpha value is -1.92. The lowest BCUT2D eigenvalue weighted by Crippen LogP contribution is -2.44. The summed E-state index contributed by atoms with van der Waals surface area (Å²) in [6.07, 6.45) is -0.0888. The SMILES string of the molecule is CC1CCC(NC(=O)C(C)Nc2ccc(OCC(F)(F)F)cc2)CC1. The number of anilines is 1. The minimum atomic E-state index is -4.36. The fourth-order valence-corrected chi connectivity index (χ4v) is 2.86. The predicted octanol–water partition coefficient (Wildman–Crippen LogP) is 4.12. The smallest absolute Gasteiger partial charge is 0.422 e. The molecule has 1 unspecified atom stereocenters. The van der Waals surface area contributed by atoms with Crippen molar-refractivity contribution in [1.82, 2.24) is 5.32 Å². The second-order valence-electron chi connectivity index (χ2n) is 6.76. The maximum Gasteiger partial charge on any atom is 0.422 e. The maximum atomic E-state index is 12.3. The average molecular weight is 358 g/mol. The van der Waals surface area contributed by atoms with Gasteiger partial charge in [-0.2, -0.15) is 13.2 Å². The summed E-state index contributed by atoms with van der Waals surface area (Å²) in [5.41, 5.74) is 0.652. The number of alkyl halides is 3. The van der Waals surface area contributed by atoms with Gasteiger partial charge in [0.15, 0.2) is 6.61 Å². The van der Waals surface area contributed by atoms with Gasteiger partial charge in [0, 0.05) is 11.7 Å². The second-order valence-corrected chi connectivity index (χ2v) is 6.76. The third-order valence-electron chi connectivity index (χ3n) is 4.40. The van der Waals surface area contributed by atoms with Crippen LogP contribution in [-0.2, 0) is 4.79 Å².